The predicted octanol–water partition coefficient (Wildman–Crippen LogP) is 3.66. The van der Waals surface area contributed by atoms with Crippen LogP contribution in [0.1, 0.15) is 24.6 Å². The van der Waals surface area contributed by atoms with Gasteiger partial charge in [-0.25, -0.2) is 4.98 Å². The molecule has 0 saturated carbocycles. The van der Waals surface area contributed by atoms with Crippen molar-refractivity contribution in [2.45, 2.75) is 26.4 Å². The van der Waals surface area contributed by atoms with E-state index in [4.69, 9.17) is 16.3 Å². The summed E-state index contributed by atoms with van der Waals surface area (Å²) < 4.78 is 6.76. The maximum Gasteiger partial charge on any atom is 0.309 e. The van der Waals surface area contributed by atoms with Crippen molar-refractivity contribution >= 4 is 23.2 Å². The summed E-state index contributed by atoms with van der Waals surface area (Å²) >= 11 is 5.89. The third-order valence-electron chi connectivity index (χ3n) is 4.19. The lowest BCUT2D eigenvalue weighted by Crippen LogP contribution is -2.21. The molecule has 1 atom stereocenters. The third kappa shape index (κ3) is 4.29. The highest BCUT2D eigenvalue weighted by atomic mass is 35.5. The van der Waals surface area contributed by atoms with Gasteiger partial charge in [-0.3, -0.25) is 14.0 Å². The van der Waals surface area contributed by atoms with Crippen molar-refractivity contribution in [3.05, 3.63) is 81.4 Å². The van der Waals surface area contributed by atoms with Crippen LogP contribution < -0.4 is 5.56 Å². The van der Waals surface area contributed by atoms with Crippen LogP contribution in [0, 0.1) is 5.92 Å². The summed E-state index contributed by atoms with van der Waals surface area (Å²) in [6, 6.07) is 14.5. The zero-order valence-electron chi connectivity index (χ0n) is 14.4. The molecular weight excluding hydrogens is 352 g/mol. The molecular formula is C20H19ClN2O3. The number of fused-ring (bicyclic) bond motifs is 1. The largest absolute Gasteiger partial charge is 0.459 e. The number of hydrogen-bond donors (Lipinski definition) is 0. The van der Waals surface area contributed by atoms with E-state index in [9.17, 15) is 9.59 Å². The van der Waals surface area contributed by atoms with Crippen molar-refractivity contribution in [3.8, 4) is 0 Å². The van der Waals surface area contributed by atoms with E-state index in [0.29, 0.717) is 29.2 Å². The monoisotopic (exact) mass is 370 g/mol. The van der Waals surface area contributed by atoms with E-state index in [1.807, 2.05) is 37.3 Å². The molecule has 2 heterocycles. The number of nitrogens with zero attached hydrogens (tertiary/aromatic N) is 2. The number of carbonyl (C=O) groups is 1. The highest BCUT2D eigenvalue weighted by molar-refractivity contribution is 6.30. The van der Waals surface area contributed by atoms with Crippen molar-refractivity contribution in [3.63, 3.8) is 0 Å². The molecule has 0 bridgehead atoms. The molecule has 0 fully saturated rings. The maximum atomic E-state index is 12.4. The van der Waals surface area contributed by atoms with E-state index in [0.717, 1.165) is 5.56 Å². The topological polar surface area (TPSA) is 60.7 Å². The minimum absolute atomic E-state index is 0.0293. The molecule has 0 aliphatic heterocycles. The van der Waals surface area contributed by atoms with Crippen LogP contribution in [0.4, 0.5) is 0 Å². The number of pyridine rings is 1. The van der Waals surface area contributed by atoms with Crippen LogP contribution >= 0.6 is 11.6 Å². The predicted molar refractivity (Wildman–Crippen MR) is 100 cm³/mol. The SMILES string of the molecule is CCC(Cc1ccccc1)C(=O)OCc1cc(=O)n2cc(Cl)ccc2n1. The van der Waals surface area contributed by atoms with Crippen molar-refractivity contribution in [2.75, 3.05) is 0 Å². The number of esters is 1. The number of benzene rings is 1. The lowest BCUT2D eigenvalue weighted by molar-refractivity contribution is -0.150. The molecule has 1 unspecified atom stereocenters. The highest BCUT2D eigenvalue weighted by Gasteiger charge is 2.19. The second kappa shape index (κ2) is 8.15. The summed E-state index contributed by atoms with van der Waals surface area (Å²) in [5, 5.41) is 0.451. The molecule has 0 spiro atoms. The van der Waals surface area contributed by atoms with Gasteiger partial charge in [0.05, 0.1) is 16.6 Å². The smallest absolute Gasteiger partial charge is 0.309 e. The normalized spacial score (nSPS) is 12.1. The van der Waals surface area contributed by atoms with Crippen LogP contribution in [-0.4, -0.2) is 15.4 Å². The number of carbonyl (C=O) groups excluding carboxylic acids is 1. The van der Waals surface area contributed by atoms with E-state index >= 15 is 0 Å². The minimum Gasteiger partial charge on any atom is -0.459 e. The Bertz CT molecular complexity index is 970. The van der Waals surface area contributed by atoms with Gasteiger partial charge in [-0.15, -0.1) is 0 Å². The molecule has 0 aliphatic carbocycles. The first-order chi connectivity index (χ1) is 12.6. The number of ether oxygens (including phenoxy) is 1. The van der Waals surface area contributed by atoms with Crippen LogP contribution in [-0.2, 0) is 22.6 Å². The van der Waals surface area contributed by atoms with Crippen molar-refractivity contribution in [1.82, 2.24) is 9.38 Å². The van der Waals surface area contributed by atoms with E-state index in [2.05, 4.69) is 4.98 Å². The Morgan fingerprint density at radius 1 is 1.23 bits per heavy atom. The van der Waals surface area contributed by atoms with Gasteiger partial charge in [-0.1, -0.05) is 48.9 Å². The second-order valence-electron chi connectivity index (χ2n) is 6.06. The highest BCUT2D eigenvalue weighted by Crippen LogP contribution is 2.15. The summed E-state index contributed by atoms with van der Waals surface area (Å²) in [7, 11) is 0. The fourth-order valence-electron chi connectivity index (χ4n) is 2.76. The molecule has 3 rings (SSSR count). The van der Waals surface area contributed by atoms with E-state index < -0.39 is 0 Å². The molecule has 1 aromatic carbocycles. The summed E-state index contributed by atoms with van der Waals surface area (Å²) in [6.07, 6.45) is 2.82. The lowest BCUT2D eigenvalue weighted by atomic mass is 9.97. The average molecular weight is 371 g/mol. The molecule has 0 N–H and O–H groups in total. The molecule has 134 valence electrons. The fraction of sp³-hybridized carbons (Fsp3) is 0.250. The van der Waals surface area contributed by atoms with Gasteiger partial charge in [0.2, 0.25) is 0 Å². The first-order valence-corrected chi connectivity index (χ1v) is 8.83. The van der Waals surface area contributed by atoms with Gasteiger partial charge >= 0.3 is 5.97 Å². The molecule has 26 heavy (non-hydrogen) atoms. The molecule has 0 aliphatic rings. The molecule has 0 saturated heterocycles. The average Bonchev–Trinajstić information content (AvgIpc) is 2.65. The zero-order valence-corrected chi connectivity index (χ0v) is 15.1. The fourth-order valence-corrected chi connectivity index (χ4v) is 2.92. The van der Waals surface area contributed by atoms with Gasteiger partial charge in [-0.2, -0.15) is 0 Å². The molecule has 0 radical (unpaired) electrons. The molecule has 0 amide bonds. The van der Waals surface area contributed by atoms with Crippen LogP contribution in [0.25, 0.3) is 5.65 Å². The Hall–Kier alpha value is -2.66. The number of aromatic nitrogens is 2. The van der Waals surface area contributed by atoms with Crippen molar-refractivity contribution < 1.29 is 9.53 Å². The molecule has 2 aromatic heterocycles. The van der Waals surface area contributed by atoms with Gasteiger partial charge in [-0.05, 0) is 30.5 Å². The Balaban J connectivity index is 1.69. The van der Waals surface area contributed by atoms with Crippen LogP contribution in [0.5, 0.6) is 0 Å². The molecule has 3 aromatic rings. The zero-order chi connectivity index (χ0) is 18.5. The Labute approximate surface area is 156 Å². The van der Waals surface area contributed by atoms with Crippen molar-refractivity contribution in [1.29, 1.82) is 0 Å². The standard InChI is InChI=1S/C20H19ClN2O3/c1-2-15(10-14-6-4-3-5-7-14)20(25)26-13-17-11-19(24)23-12-16(21)8-9-18(23)22-17/h3-9,11-12,15H,2,10,13H2,1H3. The summed E-state index contributed by atoms with van der Waals surface area (Å²) in [5.74, 6) is -0.507. The number of halogens is 1. The van der Waals surface area contributed by atoms with E-state index in [-0.39, 0.29) is 24.1 Å². The first kappa shape index (κ1) is 18.1. The van der Waals surface area contributed by atoms with E-state index in [1.54, 1.807) is 12.1 Å². The Morgan fingerprint density at radius 2 is 2.00 bits per heavy atom. The summed E-state index contributed by atoms with van der Waals surface area (Å²) in [6.45, 7) is 1.93. The Morgan fingerprint density at radius 3 is 2.73 bits per heavy atom. The van der Waals surface area contributed by atoms with Gasteiger partial charge in [0.15, 0.2) is 0 Å². The number of rotatable bonds is 6. The van der Waals surface area contributed by atoms with Crippen molar-refractivity contribution in [2.24, 2.45) is 5.92 Å². The molecule has 5 nitrogen and oxygen atoms in total. The van der Waals surface area contributed by atoms with Gasteiger partial charge < -0.3 is 4.74 Å². The maximum absolute atomic E-state index is 12.4. The Kier molecular flexibility index (Phi) is 5.68. The summed E-state index contributed by atoms with van der Waals surface area (Å²) in [5.41, 5.74) is 1.71. The van der Waals surface area contributed by atoms with Gasteiger partial charge in [0.1, 0.15) is 12.3 Å². The van der Waals surface area contributed by atoms with Crippen LogP contribution in [0.15, 0.2) is 59.5 Å². The second-order valence-corrected chi connectivity index (χ2v) is 6.50. The third-order valence-corrected chi connectivity index (χ3v) is 4.41. The van der Waals surface area contributed by atoms with Crippen LogP contribution in [0.3, 0.4) is 0 Å². The first-order valence-electron chi connectivity index (χ1n) is 8.45. The summed E-state index contributed by atoms with van der Waals surface area (Å²) in [4.78, 5) is 28.9. The lowest BCUT2D eigenvalue weighted by Gasteiger charge is -2.14. The van der Waals surface area contributed by atoms with E-state index in [1.165, 1.54) is 16.7 Å². The number of hydrogen-bond acceptors (Lipinski definition) is 4. The van der Waals surface area contributed by atoms with Gasteiger partial charge in [0, 0.05) is 12.3 Å². The quantitative estimate of drug-likeness (QED) is 0.621. The van der Waals surface area contributed by atoms with Gasteiger partial charge in [0.25, 0.3) is 5.56 Å². The molecule has 6 heteroatoms. The minimum atomic E-state index is -0.283. The van der Waals surface area contributed by atoms with Crippen LogP contribution in [0.2, 0.25) is 5.02 Å².